The van der Waals surface area contributed by atoms with Gasteiger partial charge in [-0.1, -0.05) is 6.07 Å². The number of rotatable bonds is 3. The largest absolute Gasteiger partial charge is 0.478 e. The van der Waals surface area contributed by atoms with Gasteiger partial charge in [-0.15, -0.1) is 0 Å². The Labute approximate surface area is 110 Å². The average molecular weight is 253 g/mol. The molecule has 0 aliphatic heterocycles. The number of benzene rings is 1. The Kier molecular flexibility index (Phi) is 3.44. The summed E-state index contributed by atoms with van der Waals surface area (Å²) in [6.07, 6.45) is 5.95. The second-order valence-electron chi connectivity index (χ2n) is 3.98. The number of aliphatic carboxylic acids is 1. The van der Waals surface area contributed by atoms with Crippen molar-refractivity contribution in [1.29, 1.82) is 5.26 Å². The number of imidazole rings is 1. The number of nitrogens with zero attached hydrogens (tertiary/aromatic N) is 3. The molecule has 1 aromatic carbocycles. The number of hydrogen-bond acceptors (Lipinski definition) is 3. The number of aryl methyl sites for hydroxylation is 1. The third-order valence-electron chi connectivity index (χ3n) is 2.55. The summed E-state index contributed by atoms with van der Waals surface area (Å²) in [6.45, 7) is 1.87. The van der Waals surface area contributed by atoms with Gasteiger partial charge in [0.2, 0.25) is 0 Å². The van der Waals surface area contributed by atoms with Crippen LogP contribution in [0.3, 0.4) is 0 Å². The molecule has 0 saturated heterocycles. The molecular weight excluding hydrogens is 242 g/mol. The standard InChI is InChI=1S/C14H11N3O2/c1-10-8-17(9-16-10)13-4-2-11(3-5-14(18)19)6-12(13)7-15/h2-6,8-9H,1H3,(H,18,19). The van der Waals surface area contributed by atoms with E-state index < -0.39 is 5.97 Å². The molecule has 19 heavy (non-hydrogen) atoms. The number of nitriles is 1. The van der Waals surface area contributed by atoms with Gasteiger partial charge in [-0.3, -0.25) is 0 Å². The monoisotopic (exact) mass is 253 g/mol. The molecule has 0 atom stereocenters. The Morgan fingerprint density at radius 2 is 2.32 bits per heavy atom. The molecule has 0 aliphatic rings. The molecule has 5 nitrogen and oxygen atoms in total. The van der Waals surface area contributed by atoms with Crippen molar-refractivity contribution < 1.29 is 9.90 Å². The third-order valence-corrected chi connectivity index (χ3v) is 2.55. The quantitative estimate of drug-likeness (QED) is 0.850. The molecule has 1 aromatic heterocycles. The molecule has 0 amide bonds. The fourth-order valence-electron chi connectivity index (χ4n) is 1.69. The molecule has 0 radical (unpaired) electrons. The summed E-state index contributed by atoms with van der Waals surface area (Å²) < 4.78 is 1.76. The second-order valence-corrected chi connectivity index (χ2v) is 3.98. The zero-order valence-corrected chi connectivity index (χ0v) is 10.2. The van der Waals surface area contributed by atoms with Crippen molar-refractivity contribution in [2.24, 2.45) is 0 Å². The molecule has 0 fully saturated rings. The van der Waals surface area contributed by atoms with Crippen molar-refractivity contribution in [2.75, 3.05) is 0 Å². The van der Waals surface area contributed by atoms with Crippen LogP contribution >= 0.6 is 0 Å². The molecule has 1 heterocycles. The van der Waals surface area contributed by atoms with Gasteiger partial charge < -0.3 is 9.67 Å². The number of hydrogen-bond donors (Lipinski definition) is 1. The number of carboxylic acid groups (broad SMARTS) is 1. The maximum absolute atomic E-state index is 10.5. The van der Waals surface area contributed by atoms with Crippen LogP contribution in [0, 0.1) is 18.3 Å². The minimum atomic E-state index is -1.02. The van der Waals surface area contributed by atoms with E-state index in [1.807, 2.05) is 13.1 Å². The Balaban J connectivity index is 2.43. The highest BCUT2D eigenvalue weighted by Gasteiger charge is 2.05. The molecular formula is C14H11N3O2. The van der Waals surface area contributed by atoms with Crippen LogP contribution < -0.4 is 0 Å². The highest BCUT2D eigenvalue weighted by Crippen LogP contribution is 2.17. The smallest absolute Gasteiger partial charge is 0.328 e. The van der Waals surface area contributed by atoms with Gasteiger partial charge in [0, 0.05) is 12.3 Å². The molecule has 1 N–H and O–H groups in total. The summed E-state index contributed by atoms with van der Waals surface area (Å²) in [7, 11) is 0. The van der Waals surface area contributed by atoms with Gasteiger partial charge in [0.05, 0.1) is 23.3 Å². The molecule has 2 aromatic rings. The van der Waals surface area contributed by atoms with E-state index in [1.165, 1.54) is 6.08 Å². The van der Waals surface area contributed by atoms with Crippen molar-refractivity contribution in [3.05, 3.63) is 53.6 Å². The van der Waals surface area contributed by atoms with E-state index in [0.29, 0.717) is 11.1 Å². The van der Waals surface area contributed by atoms with Gasteiger partial charge in [-0.2, -0.15) is 5.26 Å². The van der Waals surface area contributed by atoms with Gasteiger partial charge in [0.15, 0.2) is 0 Å². The predicted molar refractivity (Wildman–Crippen MR) is 69.7 cm³/mol. The van der Waals surface area contributed by atoms with Crippen LogP contribution in [0.4, 0.5) is 0 Å². The Bertz CT molecular complexity index is 693. The van der Waals surface area contributed by atoms with Gasteiger partial charge in [0.1, 0.15) is 6.07 Å². The van der Waals surface area contributed by atoms with E-state index in [9.17, 15) is 4.79 Å². The molecule has 94 valence electrons. The van der Waals surface area contributed by atoms with Crippen LogP contribution in [0.25, 0.3) is 11.8 Å². The lowest BCUT2D eigenvalue weighted by atomic mass is 10.1. The lowest BCUT2D eigenvalue weighted by Gasteiger charge is -2.05. The minimum absolute atomic E-state index is 0.463. The van der Waals surface area contributed by atoms with Crippen LogP contribution in [-0.4, -0.2) is 20.6 Å². The van der Waals surface area contributed by atoms with E-state index in [1.54, 1.807) is 29.1 Å². The van der Waals surface area contributed by atoms with Crippen molar-refractivity contribution in [3.8, 4) is 11.8 Å². The van der Waals surface area contributed by atoms with Crippen LogP contribution in [0.2, 0.25) is 0 Å². The Morgan fingerprint density at radius 1 is 1.53 bits per heavy atom. The first-order valence-electron chi connectivity index (χ1n) is 5.56. The molecule has 2 rings (SSSR count). The Morgan fingerprint density at radius 3 is 2.89 bits per heavy atom. The first-order valence-corrected chi connectivity index (χ1v) is 5.56. The first kappa shape index (κ1) is 12.6. The van der Waals surface area contributed by atoms with Gasteiger partial charge >= 0.3 is 5.97 Å². The minimum Gasteiger partial charge on any atom is -0.478 e. The third kappa shape index (κ3) is 2.87. The van der Waals surface area contributed by atoms with Crippen molar-refractivity contribution in [2.45, 2.75) is 6.92 Å². The van der Waals surface area contributed by atoms with Gasteiger partial charge in [-0.05, 0) is 30.7 Å². The molecule has 0 unspecified atom stereocenters. The van der Waals surface area contributed by atoms with E-state index in [4.69, 9.17) is 10.4 Å². The highest BCUT2D eigenvalue weighted by molar-refractivity contribution is 5.85. The van der Waals surface area contributed by atoms with Crippen molar-refractivity contribution >= 4 is 12.0 Å². The van der Waals surface area contributed by atoms with E-state index in [2.05, 4.69) is 11.1 Å². The summed E-state index contributed by atoms with van der Waals surface area (Å²) in [5, 5.41) is 17.7. The fourth-order valence-corrected chi connectivity index (χ4v) is 1.69. The Hall–Kier alpha value is -2.87. The fraction of sp³-hybridized carbons (Fsp3) is 0.0714. The maximum Gasteiger partial charge on any atom is 0.328 e. The molecule has 0 aliphatic carbocycles. The van der Waals surface area contributed by atoms with E-state index in [-0.39, 0.29) is 0 Å². The molecule has 0 bridgehead atoms. The summed E-state index contributed by atoms with van der Waals surface area (Å²) in [6, 6.07) is 7.26. The maximum atomic E-state index is 10.5. The lowest BCUT2D eigenvalue weighted by molar-refractivity contribution is -0.131. The zero-order chi connectivity index (χ0) is 13.8. The zero-order valence-electron chi connectivity index (χ0n) is 10.2. The van der Waals surface area contributed by atoms with Crippen LogP contribution in [0.5, 0.6) is 0 Å². The van der Waals surface area contributed by atoms with Crippen LogP contribution in [0.15, 0.2) is 36.8 Å². The van der Waals surface area contributed by atoms with E-state index >= 15 is 0 Å². The summed E-state index contributed by atoms with van der Waals surface area (Å²) >= 11 is 0. The van der Waals surface area contributed by atoms with Crippen LogP contribution in [0.1, 0.15) is 16.8 Å². The molecule has 0 saturated carbocycles. The number of aromatic nitrogens is 2. The number of carbonyl (C=O) groups is 1. The molecule has 0 spiro atoms. The molecule has 5 heteroatoms. The lowest BCUT2D eigenvalue weighted by Crippen LogP contribution is -1.95. The topological polar surface area (TPSA) is 78.9 Å². The summed E-state index contributed by atoms with van der Waals surface area (Å²) in [5.41, 5.74) is 2.71. The normalized spacial score (nSPS) is 10.5. The number of carboxylic acids is 1. The summed E-state index contributed by atoms with van der Waals surface area (Å²) in [5.74, 6) is -1.02. The highest BCUT2D eigenvalue weighted by atomic mass is 16.4. The van der Waals surface area contributed by atoms with Crippen LogP contribution in [-0.2, 0) is 4.79 Å². The first-order chi connectivity index (χ1) is 9.10. The van der Waals surface area contributed by atoms with Gasteiger partial charge in [0.25, 0.3) is 0 Å². The summed E-state index contributed by atoms with van der Waals surface area (Å²) in [4.78, 5) is 14.6. The second kappa shape index (κ2) is 5.19. The van der Waals surface area contributed by atoms with Gasteiger partial charge in [-0.25, -0.2) is 9.78 Å². The van der Waals surface area contributed by atoms with Crippen molar-refractivity contribution in [1.82, 2.24) is 9.55 Å². The van der Waals surface area contributed by atoms with E-state index in [0.717, 1.165) is 17.5 Å². The average Bonchev–Trinajstić information content (AvgIpc) is 2.82. The predicted octanol–water partition coefficient (Wildman–Crippen LogP) is 2.15. The SMILES string of the molecule is Cc1cn(-c2ccc(C=CC(=O)O)cc2C#N)cn1. The van der Waals surface area contributed by atoms with Crippen molar-refractivity contribution in [3.63, 3.8) is 0 Å².